The molecule has 0 saturated carbocycles. The van der Waals surface area contributed by atoms with Gasteiger partial charge in [-0.05, 0) is 36.7 Å². The van der Waals surface area contributed by atoms with Gasteiger partial charge in [-0.3, -0.25) is 0 Å². The van der Waals surface area contributed by atoms with E-state index in [4.69, 9.17) is 24.2 Å². The number of carbonyl (C=O) groups is 1. The summed E-state index contributed by atoms with van der Waals surface area (Å²) >= 11 is 0. The highest BCUT2D eigenvalue weighted by atomic mass is 16.6. The monoisotopic (exact) mass is 415 g/mol. The Morgan fingerprint density at radius 2 is 1.73 bits per heavy atom. The fourth-order valence-corrected chi connectivity index (χ4v) is 3.99. The number of likely N-dealkylation sites (tertiary alicyclic amines) is 1. The Kier molecular flexibility index (Phi) is 7.71. The summed E-state index contributed by atoms with van der Waals surface area (Å²) in [5.41, 5.74) is 0.996. The third kappa shape index (κ3) is 5.52. The van der Waals surface area contributed by atoms with E-state index in [1.807, 2.05) is 30.3 Å². The van der Waals surface area contributed by atoms with Crippen molar-refractivity contribution in [2.24, 2.45) is 21.8 Å². The van der Waals surface area contributed by atoms with E-state index < -0.39 is 0 Å². The summed E-state index contributed by atoms with van der Waals surface area (Å²) in [5.74, 6) is 2.10. The van der Waals surface area contributed by atoms with E-state index in [2.05, 4.69) is 13.8 Å². The molecular weight excluding hydrogens is 382 g/mol. The van der Waals surface area contributed by atoms with Crippen LogP contribution in [0.4, 0.5) is 4.79 Å². The van der Waals surface area contributed by atoms with Gasteiger partial charge in [-0.25, -0.2) is 14.8 Å². The first-order valence-electron chi connectivity index (χ1n) is 10.7. The van der Waals surface area contributed by atoms with Gasteiger partial charge >= 0.3 is 6.09 Å². The Labute approximate surface area is 179 Å². The second kappa shape index (κ2) is 10.5. The van der Waals surface area contributed by atoms with Crippen molar-refractivity contribution >= 4 is 17.9 Å². The van der Waals surface area contributed by atoms with Crippen molar-refractivity contribution in [3.8, 4) is 0 Å². The molecule has 0 aromatic heterocycles. The van der Waals surface area contributed by atoms with Crippen LogP contribution >= 0.6 is 0 Å². The summed E-state index contributed by atoms with van der Waals surface area (Å²) in [6.07, 6.45) is 2.43. The summed E-state index contributed by atoms with van der Waals surface area (Å²) in [6.45, 7) is 5.90. The number of nitrogens with zero attached hydrogens (tertiary/aromatic N) is 3. The highest BCUT2D eigenvalue weighted by Crippen LogP contribution is 2.27. The molecule has 0 radical (unpaired) electrons. The zero-order chi connectivity index (χ0) is 21.5. The van der Waals surface area contributed by atoms with Gasteiger partial charge in [0, 0.05) is 13.1 Å². The summed E-state index contributed by atoms with van der Waals surface area (Å²) in [5, 5.41) is 0. The van der Waals surface area contributed by atoms with E-state index in [1.54, 1.807) is 19.1 Å². The SMILES string of the molecule is COC1=N[C@H](C(C)C)C(OC)=N[C@H]1CC1CCN(C(=O)OCc2ccccc2)CC1. The van der Waals surface area contributed by atoms with Crippen LogP contribution < -0.4 is 0 Å². The average molecular weight is 416 g/mol. The maximum absolute atomic E-state index is 12.4. The molecule has 7 nitrogen and oxygen atoms in total. The third-order valence-electron chi connectivity index (χ3n) is 5.77. The first-order chi connectivity index (χ1) is 14.5. The van der Waals surface area contributed by atoms with Crippen LogP contribution in [0.3, 0.4) is 0 Å². The van der Waals surface area contributed by atoms with Gasteiger partial charge in [0.05, 0.1) is 14.2 Å². The first-order valence-corrected chi connectivity index (χ1v) is 10.7. The van der Waals surface area contributed by atoms with E-state index in [-0.39, 0.29) is 18.2 Å². The molecule has 0 bridgehead atoms. The Bertz CT molecular complexity index is 755. The largest absolute Gasteiger partial charge is 0.483 e. The number of carbonyl (C=O) groups excluding carboxylic acids is 1. The van der Waals surface area contributed by atoms with Gasteiger partial charge in [-0.2, -0.15) is 0 Å². The molecule has 1 amide bonds. The van der Waals surface area contributed by atoms with Crippen LogP contribution in [-0.2, 0) is 20.8 Å². The summed E-state index contributed by atoms with van der Waals surface area (Å²) in [6, 6.07) is 9.53. The molecule has 3 rings (SSSR count). The zero-order valence-electron chi connectivity index (χ0n) is 18.4. The smallest absolute Gasteiger partial charge is 0.410 e. The minimum Gasteiger partial charge on any atom is -0.483 e. The lowest BCUT2D eigenvalue weighted by atomic mass is 9.89. The number of benzene rings is 1. The van der Waals surface area contributed by atoms with Gasteiger partial charge in [0.15, 0.2) is 0 Å². The molecule has 2 atom stereocenters. The molecular formula is C23H33N3O4. The standard InChI is InChI=1S/C23H33N3O4/c1-16(2)20-22(29-4)24-19(21(25-20)28-3)14-17-10-12-26(13-11-17)23(27)30-15-18-8-6-5-7-9-18/h5-9,16-17,19-20H,10-15H2,1-4H3/t19-,20+/m0/s1. The second-order valence-electron chi connectivity index (χ2n) is 8.25. The average Bonchev–Trinajstić information content (AvgIpc) is 2.78. The van der Waals surface area contributed by atoms with Crippen LogP contribution in [0.1, 0.15) is 38.7 Å². The molecule has 0 aliphatic carbocycles. The lowest BCUT2D eigenvalue weighted by Crippen LogP contribution is -2.41. The second-order valence-corrected chi connectivity index (χ2v) is 8.25. The van der Waals surface area contributed by atoms with Crippen molar-refractivity contribution in [1.82, 2.24) is 4.90 Å². The summed E-state index contributed by atoms with van der Waals surface area (Å²) in [7, 11) is 3.31. The van der Waals surface area contributed by atoms with E-state index in [9.17, 15) is 4.79 Å². The van der Waals surface area contributed by atoms with Crippen LogP contribution in [0.25, 0.3) is 0 Å². The van der Waals surface area contributed by atoms with Crippen molar-refractivity contribution in [3.05, 3.63) is 35.9 Å². The van der Waals surface area contributed by atoms with Crippen LogP contribution in [-0.4, -0.2) is 62.2 Å². The molecule has 2 aliphatic rings. The number of piperidine rings is 1. The number of amides is 1. The van der Waals surface area contributed by atoms with Crippen molar-refractivity contribution in [3.63, 3.8) is 0 Å². The Morgan fingerprint density at radius 3 is 2.33 bits per heavy atom. The molecule has 0 unspecified atom stereocenters. The van der Waals surface area contributed by atoms with Crippen molar-refractivity contribution in [1.29, 1.82) is 0 Å². The van der Waals surface area contributed by atoms with Gasteiger partial charge in [-0.1, -0.05) is 44.2 Å². The fourth-order valence-electron chi connectivity index (χ4n) is 3.99. The maximum atomic E-state index is 12.4. The molecule has 1 aromatic rings. The van der Waals surface area contributed by atoms with Gasteiger partial charge in [0.1, 0.15) is 18.7 Å². The highest BCUT2D eigenvalue weighted by Gasteiger charge is 2.33. The number of rotatable bonds is 5. The predicted molar refractivity (Wildman–Crippen MR) is 117 cm³/mol. The molecule has 164 valence electrons. The molecule has 1 fully saturated rings. The number of methoxy groups -OCH3 is 2. The molecule has 2 aliphatic heterocycles. The third-order valence-corrected chi connectivity index (χ3v) is 5.77. The van der Waals surface area contributed by atoms with Gasteiger partial charge in [0.25, 0.3) is 0 Å². The van der Waals surface area contributed by atoms with Crippen LogP contribution in [0.5, 0.6) is 0 Å². The van der Waals surface area contributed by atoms with E-state index in [1.165, 1.54) is 0 Å². The lowest BCUT2D eigenvalue weighted by molar-refractivity contribution is 0.0812. The van der Waals surface area contributed by atoms with Crippen molar-refractivity contribution in [2.45, 2.75) is 51.8 Å². The molecule has 7 heteroatoms. The molecule has 1 aromatic carbocycles. The van der Waals surface area contributed by atoms with Crippen molar-refractivity contribution in [2.75, 3.05) is 27.3 Å². The highest BCUT2D eigenvalue weighted by molar-refractivity contribution is 5.94. The molecule has 30 heavy (non-hydrogen) atoms. The summed E-state index contributed by atoms with van der Waals surface area (Å²) in [4.78, 5) is 23.7. The normalized spacial score (nSPS) is 22.4. The van der Waals surface area contributed by atoms with E-state index in [0.717, 1.165) is 24.8 Å². The van der Waals surface area contributed by atoms with Gasteiger partial charge in [0.2, 0.25) is 11.8 Å². The molecule has 1 saturated heterocycles. The molecule has 0 N–H and O–H groups in total. The Hall–Kier alpha value is -2.57. The van der Waals surface area contributed by atoms with Gasteiger partial charge in [-0.15, -0.1) is 0 Å². The number of ether oxygens (including phenoxy) is 3. The fraction of sp³-hybridized carbons (Fsp3) is 0.609. The van der Waals surface area contributed by atoms with Gasteiger partial charge < -0.3 is 19.1 Å². The maximum Gasteiger partial charge on any atom is 0.410 e. The minimum absolute atomic E-state index is 0.0950. The van der Waals surface area contributed by atoms with E-state index in [0.29, 0.717) is 43.3 Å². The Balaban J connectivity index is 1.50. The lowest BCUT2D eigenvalue weighted by Gasteiger charge is -2.33. The van der Waals surface area contributed by atoms with Crippen molar-refractivity contribution < 1.29 is 19.0 Å². The summed E-state index contributed by atoms with van der Waals surface area (Å²) < 4.78 is 16.5. The molecule has 2 heterocycles. The topological polar surface area (TPSA) is 72.7 Å². The molecule has 0 spiro atoms. The van der Waals surface area contributed by atoms with Crippen LogP contribution in [0, 0.1) is 11.8 Å². The zero-order valence-corrected chi connectivity index (χ0v) is 18.4. The first kappa shape index (κ1) is 22.1. The van der Waals surface area contributed by atoms with E-state index >= 15 is 0 Å². The minimum atomic E-state index is -0.242. The quantitative estimate of drug-likeness (QED) is 0.731. The predicted octanol–water partition coefficient (Wildman–Crippen LogP) is 3.92. The number of hydrogen-bond donors (Lipinski definition) is 0. The van der Waals surface area contributed by atoms with Crippen LogP contribution in [0.2, 0.25) is 0 Å². The number of hydrogen-bond acceptors (Lipinski definition) is 6. The van der Waals surface area contributed by atoms with Crippen LogP contribution in [0.15, 0.2) is 40.3 Å². The Morgan fingerprint density at radius 1 is 1.07 bits per heavy atom. The number of aliphatic imine (C=N–C) groups is 2.